The Morgan fingerprint density at radius 3 is 2.94 bits per heavy atom. The Morgan fingerprint density at radius 1 is 1.50 bits per heavy atom. The van der Waals surface area contributed by atoms with E-state index in [1.165, 1.54) is 6.07 Å². The van der Waals surface area contributed by atoms with Gasteiger partial charge >= 0.3 is 12.0 Å². The van der Waals surface area contributed by atoms with Crippen molar-refractivity contribution in [3.63, 3.8) is 0 Å². The average molecular weight is 246 g/mol. The maximum atomic E-state index is 11.9. The van der Waals surface area contributed by atoms with E-state index in [9.17, 15) is 9.59 Å². The number of amides is 2. The quantitative estimate of drug-likeness (QED) is 0.796. The monoisotopic (exact) mass is 246 g/mol. The Balaban J connectivity index is 2.25. The van der Waals surface area contributed by atoms with Crippen molar-refractivity contribution in [3.05, 3.63) is 42.0 Å². The summed E-state index contributed by atoms with van der Waals surface area (Å²) >= 11 is 0. The van der Waals surface area contributed by atoms with E-state index in [-0.39, 0.29) is 11.6 Å². The first-order chi connectivity index (χ1) is 8.63. The number of benzene rings is 1. The highest BCUT2D eigenvalue weighted by Crippen LogP contribution is 2.29. The number of carboxylic acid groups (broad SMARTS) is 1. The number of hydrogen-bond acceptors (Lipinski definition) is 2. The van der Waals surface area contributed by atoms with Crippen LogP contribution >= 0.6 is 0 Å². The zero-order valence-electron chi connectivity index (χ0n) is 9.85. The summed E-state index contributed by atoms with van der Waals surface area (Å²) < 4.78 is 0. The van der Waals surface area contributed by atoms with E-state index < -0.39 is 5.97 Å². The molecule has 0 unspecified atom stereocenters. The highest BCUT2D eigenvalue weighted by atomic mass is 16.4. The summed E-state index contributed by atoms with van der Waals surface area (Å²) in [6, 6.07) is 4.64. The lowest BCUT2D eigenvalue weighted by atomic mass is 10.1. The molecule has 2 amide bonds. The molecule has 0 bridgehead atoms. The molecule has 1 aliphatic rings. The number of carboxylic acids is 1. The number of urea groups is 1. The second-order valence-corrected chi connectivity index (χ2v) is 4.03. The van der Waals surface area contributed by atoms with Gasteiger partial charge in [0.05, 0.1) is 5.56 Å². The third-order valence-electron chi connectivity index (χ3n) is 2.87. The molecule has 5 nitrogen and oxygen atoms in total. The summed E-state index contributed by atoms with van der Waals surface area (Å²) in [5, 5.41) is 11.6. The Bertz CT molecular complexity index is 511. The Morgan fingerprint density at radius 2 is 2.28 bits per heavy atom. The first kappa shape index (κ1) is 12.2. The number of nitrogens with one attached hydrogen (secondary N) is 1. The van der Waals surface area contributed by atoms with Gasteiger partial charge in [0.25, 0.3) is 0 Å². The normalized spacial score (nSPS) is 13.0. The number of nitrogens with zero attached hydrogens (tertiary/aromatic N) is 1. The van der Waals surface area contributed by atoms with E-state index >= 15 is 0 Å². The lowest BCUT2D eigenvalue weighted by molar-refractivity contribution is 0.0697. The topological polar surface area (TPSA) is 69.6 Å². The van der Waals surface area contributed by atoms with Crippen LogP contribution in [-0.4, -0.2) is 30.2 Å². The fourth-order valence-electron chi connectivity index (χ4n) is 1.98. The lowest BCUT2D eigenvalue weighted by Gasteiger charge is -2.17. The Labute approximate surface area is 105 Å². The molecule has 18 heavy (non-hydrogen) atoms. The number of anilines is 1. The molecule has 0 aliphatic carbocycles. The third-order valence-corrected chi connectivity index (χ3v) is 2.87. The maximum Gasteiger partial charge on any atom is 0.335 e. The zero-order valence-corrected chi connectivity index (χ0v) is 9.85. The number of aromatic carboxylic acids is 1. The van der Waals surface area contributed by atoms with Crippen molar-refractivity contribution in [1.29, 1.82) is 0 Å². The maximum absolute atomic E-state index is 11.9. The van der Waals surface area contributed by atoms with Gasteiger partial charge in [0.15, 0.2) is 0 Å². The first-order valence-corrected chi connectivity index (χ1v) is 5.66. The summed E-state index contributed by atoms with van der Waals surface area (Å²) in [7, 11) is 0. The molecule has 0 radical (unpaired) electrons. The molecule has 1 heterocycles. The molecule has 0 aromatic heterocycles. The molecule has 0 atom stereocenters. The van der Waals surface area contributed by atoms with Crippen LogP contribution in [0.25, 0.3) is 0 Å². The summed E-state index contributed by atoms with van der Waals surface area (Å²) in [5.74, 6) is -0.990. The number of hydrogen-bond donors (Lipinski definition) is 2. The zero-order chi connectivity index (χ0) is 13.1. The van der Waals surface area contributed by atoms with Crippen molar-refractivity contribution in [2.45, 2.75) is 6.42 Å². The van der Waals surface area contributed by atoms with Crippen LogP contribution < -0.4 is 10.2 Å². The van der Waals surface area contributed by atoms with E-state index in [0.29, 0.717) is 18.8 Å². The van der Waals surface area contributed by atoms with Gasteiger partial charge in [-0.15, -0.1) is 6.58 Å². The van der Waals surface area contributed by atoms with E-state index in [1.54, 1.807) is 23.1 Å². The van der Waals surface area contributed by atoms with E-state index in [4.69, 9.17) is 5.11 Å². The molecule has 1 aliphatic heterocycles. The average Bonchev–Trinajstić information content (AvgIpc) is 2.78. The van der Waals surface area contributed by atoms with E-state index in [1.807, 2.05) is 0 Å². The summed E-state index contributed by atoms with van der Waals surface area (Å²) in [5.41, 5.74) is 1.86. The molecular weight excluding hydrogens is 232 g/mol. The largest absolute Gasteiger partial charge is 0.478 e. The van der Waals surface area contributed by atoms with Crippen molar-refractivity contribution in [2.75, 3.05) is 18.0 Å². The minimum absolute atomic E-state index is 0.192. The highest BCUT2D eigenvalue weighted by molar-refractivity contribution is 5.97. The molecule has 0 saturated heterocycles. The van der Waals surface area contributed by atoms with E-state index in [2.05, 4.69) is 11.9 Å². The fraction of sp³-hybridized carbons (Fsp3) is 0.231. The van der Waals surface area contributed by atoms with Gasteiger partial charge in [0, 0.05) is 18.8 Å². The predicted molar refractivity (Wildman–Crippen MR) is 68.0 cm³/mol. The SMILES string of the molecule is C=CCNC(=O)N1CCc2ccc(C(=O)O)cc21. The minimum atomic E-state index is -0.990. The summed E-state index contributed by atoms with van der Waals surface area (Å²) in [6.07, 6.45) is 2.35. The van der Waals surface area contributed by atoms with Crippen LogP contribution in [0.2, 0.25) is 0 Å². The molecule has 2 N–H and O–H groups in total. The highest BCUT2D eigenvalue weighted by Gasteiger charge is 2.25. The predicted octanol–water partition coefficient (Wildman–Crippen LogP) is 1.64. The van der Waals surface area contributed by atoms with Gasteiger partial charge in [-0.1, -0.05) is 12.1 Å². The second-order valence-electron chi connectivity index (χ2n) is 4.03. The molecule has 5 heteroatoms. The van der Waals surface area contributed by atoms with E-state index in [0.717, 1.165) is 12.0 Å². The molecule has 0 saturated carbocycles. The van der Waals surface area contributed by atoms with Crippen molar-refractivity contribution < 1.29 is 14.7 Å². The molecular formula is C13H14N2O3. The van der Waals surface area contributed by atoms with Crippen molar-refractivity contribution in [2.24, 2.45) is 0 Å². The van der Waals surface area contributed by atoms with Gasteiger partial charge in [-0.05, 0) is 24.1 Å². The number of fused-ring (bicyclic) bond motifs is 1. The van der Waals surface area contributed by atoms with Crippen molar-refractivity contribution >= 4 is 17.7 Å². The fourth-order valence-corrected chi connectivity index (χ4v) is 1.98. The first-order valence-electron chi connectivity index (χ1n) is 5.66. The number of carbonyl (C=O) groups is 2. The van der Waals surface area contributed by atoms with Crippen LogP contribution in [0.1, 0.15) is 15.9 Å². The lowest BCUT2D eigenvalue weighted by Crippen LogP contribution is -2.39. The molecule has 2 rings (SSSR count). The van der Waals surface area contributed by atoms with Gasteiger partial charge in [-0.25, -0.2) is 9.59 Å². The van der Waals surface area contributed by atoms with Crippen molar-refractivity contribution in [1.82, 2.24) is 5.32 Å². The number of carbonyl (C=O) groups excluding carboxylic acids is 1. The van der Waals surface area contributed by atoms with Crippen LogP contribution in [0.15, 0.2) is 30.9 Å². The minimum Gasteiger partial charge on any atom is -0.478 e. The van der Waals surface area contributed by atoms with Gasteiger partial charge < -0.3 is 10.4 Å². The smallest absolute Gasteiger partial charge is 0.335 e. The molecule has 1 aromatic carbocycles. The third kappa shape index (κ3) is 2.20. The van der Waals surface area contributed by atoms with Gasteiger partial charge in [-0.3, -0.25) is 4.90 Å². The Hall–Kier alpha value is -2.30. The van der Waals surface area contributed by atoms with Crippen LogP contribution in [0.3, 0.4) is 0 Å². The Kier molecular flexibility index (Phi) is 3.32. The van der Waals surface area contributed by atoms with Crippen LogP contribution in [-0.2, 0) is 6.42 Å². The van der Waals surface area contributed by atoms with Crippen LogP contribution in [0, 0.1) is 0 Å². The standard InChI is InChI=1S/C13H14N2O3/c1-2-6-14-13(18)15-7-5-9-3-4-10(12(16)17)8-11(9)15/h2-4,8H,1,5-7H2,(H,14,18)(H,16,17). The van der Waals surface area contributed by atoms with Crippen molar-refractivity contribution in [3.8, 4) is 0 Å². The van der Waals surface area contributed by atoms with Gasteiger partial charge in [0.1, 0.15) is 0 Å². The summed E-state index contributed by atoms with van der Waals surface area (Å²) in [4.78, 5) is 24.3. The molecule has 1 aromatic rings. The molecule has 0 fully saturated rings. The van der Waals surface area contributed by atoms with Gasteiger partial charge in [0.2, 0.25) is 0 Å². The van der Waals surface area contributed by atoms with Crippen LogP contribution in [0.4, 0.5) is 10.5 Å². The molecule has 94 valence electrons. The number of rotatable bonds is 3. The molecule has 0 spiro atoms. The second kappa shape index (κ2) is 4.91. The van der Waals surface area contributed by atoms with Crippen LogP contribution in [0.5, 0.6) is 0 Å². The van der Waals surface area contributed by atoms with Gasteiger partial charge in [-0.2, -0.15) is 0 Å². The summed E-state index contributed by atoms with van der Waals surface area (Å²) in [6.45, 7) is 4.49.